The molecule has 2 heterocycles. The number of urea groups is 1. The number of carbonyl (C=O) groups is 1. The van der Waals surface area contributed by atoms with E-state index < -0.39 is 0 Å². The van der Waals surface area contributed by atoms with Crippen molar-refractivity contribution in [1.82, 2.24) is 15.1 Å². The van der Waals surface area contributed by atoms with Crippen LogP contribution in [0.2, 0.25) is 5.02 Å². The number of halogens is 1. The molecule has 1 aromatic rings. The van der Waals surface area contributed by atoms with E-state index in [4.69, 9.17) is 16.3 Å². The van der Waals surface area contributed by atoms with E-state index in [0.717, 1.165) is 61.9 Å². The highest BCUT2D eigenvalue weighted by Gasteiger charge is 2.31. The van der Waals surface area contributed by atoms with Crippen molar-refractivity contribution in [2.24, 2.45) is 0 Å². The Morgan fingerprint density at radius 2 is 2.27 bits per heavy atom. The van der Waals surface area contributed by atoms with Gasteiger partial charge in [-0.25, -0.2) is 4.79 Å². The lowest BCUT2D eigenvalue weighted by atomic mass is 10.0. The minimum absolute atomic E-state index is 0.0761. The number of carbonyl (C=O) groups excluding carboxylic acids is 1. The third-order valence-electron chi connectivity index (χ3n) is 4.45. The van der Waals surface area contributed by atoms with E-state index in [1.807, 2.05) is 23.1 Å². The highest BCUT2D eigenvalue weighted by Crippen LogP contribution is 2.26. The van der Waals surface area contributed by atoms with Crippen LogP contribution < -0.4 is 10.1 Å². The molecule has 0 aromatic heterocycles. The molecule has 1 N–H and O–H groups in total. The first-order valence-electron chi connectivity index (χ1n) is 7.76. The van der Waals surface area contributed by atoms with Gasteiger partial charge in [-0.15, -0.1) is 0 Å². The summed E-state index contributed by atoms with van der Waals surface area (Å²) >= 11 is 6.11. The molecule has 2 aliphatic heterocycles. The molecule has 2 fully saturated rings. The second-order valence-electron chi connectivity index (χ2n) is 5.91. The number of hydrogen-bond donors (Lipinski definition) is 1. The number of benzene rings is 1. The van der Waals surface area contributed by atoms with E-state index in [1.165, 1.54) is 0 Å². The standard InChI is InChI=1S/C16H22ClN3O2/c1-22-15-5-4-13(17)9-12(15)10-19-7-2-3-14(11-19)20-8-6-18-16(20)21/h4-5,9,14H,2-3,6-8,10-11H2,1H3,(H,18,21). The van der Waals surface area contributed by atoms with Crippen LogP contribution in [0.3, 0.4) is 0 Å². The maximum Gasteiger partial charge on any atom is 0.317 e. The highest BCUT2D eigenvalue weighted by atomic mass is 35.5. The number of methoxy groups -OCH3 is 1. The van der Waals surface area contributed by atoms with Gasteiger partial charge in [-0.2, -0.15) is 0 Å². The maximum atomic E-state index is 11.8. The Morgan fingerprint density at radius 3 is 3.00 bits per heavy atom. The van der Waals surface area contributed by atoms with Gasteiger partial charge < -0.3 is 15.0 Å². The second kappa shape index (κ2) is 6.75. The van der Waals surface area contributed by atoms with Gasteiger partial charge in [0.1, 0.15) is 5.75 Å². The average Bonchev–Trinajstić information content (AvgIpc) is 2.94. The van der Waals surface area contributed by atoms with Crippen LogP contribution in [0.25, 0.3) is 0 Å². The van der Waals surface area contributed by atoms with E-state index in [2.05, 4.69) is 10.2 Å². The van der Waals surface area contributed by atoms with Gasteiger partial charge in [0.25, 0.3) is 0 Å². The monoisotopic (exact) mass is 323 g/mol. The normalized spacial score (nSPS) is 22.7. The maximum absolute atomic E-state index is 11.8. The zero-order chi connectivity index (χ0) is 15.5. The Labute approximate surface area is 136 Å². The molecule has 0 saturated carbocycles. The van der Waals surface area contributed by atoms with Gasteiger partial charge in [0.15, 0.2) is 0 Å². The number of nitrogens with zero attached hydrogens (tertiary/aromatic N) is 2. The van der Waals surface area contributed by atoms with Crippen LogP contribution in [0.15, 0.2) is 18.2 Å². The fourth-order valence-corrected chi connectivity index (χ4v) is 3.57. The lowest BCUT2D eigenvalue weighted by Gasteiger charge is -2.37. The molecule has 1 aromatic carbocycles. The molecular weight excluding hydrogens is 302 g/mol. The third-order valence-corrected chi connectivity index (χ3v) is 4.68. The first-order chi connectivity index (χ1) is 10.7. The van der Waals surface area contributed by atoms with Crippen molar-refractivity contribution in [3.63, 3.8) is 0 Å². The van der Waals surface area contributed by atoms with Gasteiger partial charge in [0, 0.05) is 42.8 Å². The summed E-state index contributed by atoms with van der Waals surface area (Å²) in [5.41, 5.74) is 1.10. The molecule has 0 radical (unpaired) electrons. The van der Waals surface area contributed by atoms with Gasteiger partial charge in [-0.3, -0.25) is 4.90 Å². The van der Waals surface area contributed by atoms with Crippen molar-refractivity contribution in [3.05, 3.63) is 28.8 Å². The minimum Gasteiger partial charge on any atom is -0.496 e. The van der Waals surface area contributed by atoms with E-state index in [-0.39, 0.29) is 6.03 Å². The number of likely N-dealkylation sites (tertiary alicyclic amines) is 1. The molecule has 120 valence electrons. The van der Waals surface area contributed by atoms with Gasteiger partial charge in [-0.05, 0) is 37.6 Å². The van der Waals surface area contributed by atoms with E-state index in [0.29, 0.717) is 6.04 Å². The summed E-state index contributed by atoms with van der Waals surface area (Å²) in [6, 6.07) is 6.10. The largest absolute Gasteiger partial charge is 0.496 e. The Morgan fingerprint density at radius 1 is 1.41 bits per heavy atom. The lowest BCUT2D eigenvalue weighted by molar-refractivity contribution is 0.121. The van der Waals surface area contributed by atoms with E-state index in [1.54, 1.807) is 7.11 Å². The van der Waals surface area contributed by atoms with Crippen LogP contribution in [-0.4, -0.2) is 55.2 Å². The highest BCUT2D eigenvalue weighted by molar-refractivity contribution is 6.30. The van der Waals surface area contributed by atoms with Crippen molar-refractivity contribution in [2.75, 3.05) is 33.3 Å². The summed E-state index contributed by atoms with van der Waals surface area (Å²) in [7, 11) is 1.68. The molecule has 1 unspecified atom stereocenters. The zero-order valence-corrected chi connectivity index (χ0v) is 13.6. The fourth-order valence-electron chi connectivity index (χ4n) is 3.38. The van der Waals surface area contributed by atoms with E-state index in [9.17, 15) is 4.79 Å². The van der Waals surface area contributed by atoms with Crippen LogP contribution in [0.1, 0.15) is 18.4 Å². The van der Waals surface area contributed by atoms with Gasteiger partial charge in [-0.1, -0.05) is 11.6 Å². The van der Waals surface area contributed by atoms with Crippen molar-refractivity contribution in [1.29, 1.82) is 0 Å². The number of hydrogen-bond acceptors (Lipinski definition) is 3. The number of amides is 2. The molecular formula is C16H22ClN3O2. The molecule has 0 aliphatic carbocycles. The summed E-state index contributed by atoms with van der Waals surface area (Å²) in [5, 5.41) is 3.61. The van der Waals surface area contributed by atoms with Crippen LogP contribution in [0.5, 0.6) is 5.75 Å². The van der Waals surface area contributed by atoms with Crippen LogP contribution in [0.4, 0.5) is 4.79 Å². The van der Waals surface area contributed by atoms with Gasteiger partial charge in [0.05, 0.1) is 7.11 Å². The molecule has 3 rings (SSSR count). The Kier molecular flexibility index (Phi) is 4.74. The molecule has 0 spiro atoms. The number of nitrogens with one attached hydrogen (secondary N) is 1. The smallest absolute Gasteiger partial charge is 0.317 e. The third kappa shape index (κ3) is 3.31. The molecule has 5 nitrogen and oxygen atoms in total. The zero-order valence-electron chi connectivity index (χ0n) is 12.8. The fraction of sp³-hybridized carbons (Fsp3) is 0.562. The lowest BCUT2D eigenvalue weighted by Crippen LogP contribution is -2.48. The molecule has 6 heteroatoms. The van der Waals surface area contributed by atoms with Gasteiger partial charge in [0.2, 0.25) is 0 Å². The summed E-state index contributed by atoms with van der Waals surface area (Å²) < 4.78 is 5.43. The molecule has 2 amide bonds. The topological polar surface area (TPSA) is 44.8 Å². The molecule has 2 saturated heterocycles. The summed E-state index contributed by atoms with van der Waals surface area (Å²) in [6.07, 6.45) is 2.19. The summed E-state index contributed by atoms with van der Waals surface area (Å²) in [6.45, 7) is 4.33. The summed E-state index contributed by atoms with van der Waals surface area (Å²) in [4.78, 5) is 16.2. The molecule has 2 aliphatic rings. The molecule has 0 bridgehead atoms. The van der Waals surface area contributed by atoms with Crippen LogP contribution in [-0.2, 0) is 6.54 Å². The van der Waals surface area contributed by atoms with Crippen LogP contribution >= 0.6 is 11.6 Å². The predicted octanol–water partition coefficient (Wildman–Crippen LogP) is 2.34. The Balaban J connectivity index is 1.67. The van der Waals surface area contributed by atoms with Crippen LogP contribution in [0, 0.1) is 0 Å². The number of rotatable bonds is 4. The molecule has 1 atom stereocenters. The number of piperidine rings is 1. The Bertz CT molecular complexity index is 552. The number of ether oxygens (including phenoxy) is 1. The second-order valence-corrected chi connectivity index (χ2v) is 6.35. The van der Waals surface area contributed by atoms with Crippen molar-refractivity contribution in [3.8, 4) is 5.75 Å². The van der Waals surface area contributed by atoms with Crippen molar-refractivity contribution in [2.45, 2.75) is 25.4 Å². The van der Waals surface area contributed by atoms with Crippen molar-refractivity contribution >= 4 is 17.6 Å². The first kappa shape index (κ1) is 15.4. The SMILES string of the molecule is COc1ccc(Cl)cc1CN1CCCC(N2CCNC2=O)C1. The quantitative estimate of drug-likeness (QED) is 0.925. The first-order valence-corrected chi connectivity index (χ1v) is 8.14. The van der Waals surface area contributed by atoms with Crippen molar-refractivity contribution < 1.29 is 9.53 Å². The van der Waals surface area contributed by atoms with Gasteiger partial charge >= 0.3 is 6.03 Å². The predicted molar refractivity (Wildman–Crippen MR) is 86.4 cm³/mol. The minimum atomic E-state index is 0.0761. The Hall–Kier alpha value is -1.46. The summed E-state index contributed by atoms with van der Waals surface area (Å²) in [5.74, 6) is 0.866. The molecule has 22 heavy (non-hydrogen) atoms. The average molecular weight is 324 g/mol. The van der Waals surface area contributed by atoms with E-state index >= 15 is 0 Å².